The number of rotatable bonds is 7. The van der Waals surface area contributed by atoms with E-state index in [9.17, 15) is 4.79 Å². The molecule has 0 radical (unpaired) electrons. The van der Waals surface area contributed by atoms with Crippen LogP contribution in [0.25, 0.3) is 11.4 Å². The lowest BCUT2D eigenvalue weighted by Crippen LogP contribution is -2.20. The molecule has 0 saturated heterocycles. The number of halogens is 1. The predicted octanol–water partition coefficient (Wildman–Crippen LogP) is 5.65. The minimum atomic E-state index is -0.185. The molecule has 1 fully saturated rings. The summed E-state index contributed by atoms with van der Waals surface area (Å²) in [6.07, 6.45) is 7.51. The molecular weight excluding hydrogens is 442 g/mol. The molecule has 0 spiro atoms. The van der Waals surface area contributed by atoms with Crippen LogP contribution >= 0.6 is 23.4 Å². The number of benzene rings is 2. The molecule has 6 nitrogen and oxygen atoms in total. The van der Waals surface area contributed by atoms with Crippen molar-refractivity contribution in [1.29, 1.82) is 0 Å². The highest BCUT2D eigenvalue weighted by Gasteiger charge is 2.24. The van der Waals surface area contributed by atoms with Crippen LogP contribution in [0, 0.1) is 6.92 Å². The van der Waals surface area contributed by atoms with Gasteiger partial charge in [-0.3, -0.25) is 9.36 Å². The van der Waals surface area contributed by atoms with Crippen molar-refractivity contribution in [3.05, 3.63) is 64.7 Å². The van der Waals surface area contributed by atoms with Crippen LogP contribution in [0.4, 0.5) is 0 Å². The zero-order chi connectivity index (χ0) is 22.3. The van der Waals surface area contributed by atoms with Crippen molar-refractivity contribution in [2.45, 2.75) is 50.2 Å². The van der Waals surface area contributed by atoms with Gasteiger partial charge in [0, 0.05) is 16.6 Å². The highest BCUT2D eigenvalue weighted by atomic mass is 35.5. The molecule has 2 aromatic carbocycles. The SMILES string of the molecule is Cc1ccc(-c2nnc(SCC(=O)NN=Cc3ccc(Cl)cc3)n2C2CCCCC2)cc1. The van der Waals surface area contributed by atoms with Gasteiger partial charge in [-0.05, 0) is 37.5 Å². The summed E-state index contributed by atoms with van der Waals surface area (Å²) in [5.74, 6) is 0.910. The van der Waals surface area contributed by atoms with Crippen molar-refractivity contribution in [3.63, 3.8) is 0 Å². The molecule has 3 aromatic rings. The van der Waals surface area contributed by atoms with Gasteiger partial charge in [-0.15, -0.1) is 10.2 Å². The molecule has 8 heteroatoms. The molecule has 1 aliphatic rings. The first-order valence-corrected chi connectivity index (χ1v) is 12.2. The fourth-order valence-corrected chi connectivity index (χ4v) is 4.76. The summed E-state index contributed by atoms with van der Waals surface area (Å²) in [6, 6.07) is 16.0. The Kier molecular flexibility index (Phi) is 7.60. The van der Waals surface area contributed by atoms with Crippen molar-refractivity contribution < 1.29 is 4.79 Å². The Bertz CT molecular complexity index is 1070. The second-order valence-electron chi connectivity index (χ2n) is 7.97. The molecule has 0 aliphatic heterocycles. The normalized spacial score (nSPS) is 14.7. The molecule has 0 unspecified atom stereocenters. The number of nitrogens with zero attached hydrogens (tertiary/aromatic N) is 4. The Morgan fingerprint density at radius 3 is 2.56 bits per heavy atom. The number of hydrogen-bond acceptors (Lipinski definition) is 5. The van der Waals surface area contributed by atoms with E-state index in [1.807, 2.05) is 12.1 Å². The first-order valence-electron chi connectivity index (χ1n) is 10.8. The highest BCUT2D eigenvalue weighted by molar-refractivity contribution is 7.99. The number of amides is 1. The van der Waals surface area contributed by atoms with E-state index in [4.69, 9.17) is 11.6 Å². The van der Waals surface area contributed by atoms with E-state index in [1.165, 1.54) is 36.6 Å². The molecular formula is C24H26ClN5OS. The second kappa shape index (κ2) is 10.8. The number of carbonyl (C=O) groups excluding carboxylic acids is 1. The zero-order valence-corrected chi connectivity index (χ0v) is 19.6. The quantitative estimate of drug-likeness (QED) is 0.276. The number of aryl methyl sites for hydroxylation is 1. The topological polar surface area (TPSA) is 72.2 Å². The number of hydrogen-bond donors (Lipinski definition) is 1. The molecule has 1 heterocycles. The largest absolute Gasteiger partial charge is 0.299 e. The van der Waals surface area contributed by atoms with E-state index in [0.717, 1.165) is 34.9 Å². The van der Waals surface area contributed by atoms with Crippen LogP contribution in [0.5, 0.6) is 0 Å². The zero-order valence-electron chi connectivity index (χ0n) is 18.0. The average Bonchev–Trinajstić information content (AvgIpc) is 3.24. The van der Waals surface area contributed by atoms with Gasteiger partial charge >= 0.3 is 0 Å². The van der Waals surface area contributed by atoms with E-state index < -0.39 is 0 Å². The van der Waals surface area contributed by atoms with Crippen LogP contribution in [0.15, 0.2) is 58.8 Å². The molecule has 1 aromatic heterocycles. The van der Waals surface area contributed by atoms with E-state index in [0.29, 0.717) is 11.1 Å². The van der Waals surface area contributed by atoms with Crippen LogP contribution in [0.1, 0.15) is 49.3 Å². The standard InChI is InChI=1S/C24H26ClN5OS/c1-17-7-11-19(12-8-17)23-28-29-24(30(23)21-5-3-2-4-6-21)32-16-22(31)27-26-15-18-9-13-20(25)14-10-18/h7-15,21H,2-6,16H2,1H3,(H,27,31). The van der Waals surface area contributed by atoms with Gasteiger partial charge in [-0.25, -0.2) is 5.43 Å². The summed E-state index contributed by atoms with van der Waals surface area (Å²) < 4.78 is 2.23. The monoisotopic (exact) mass is 467 g/mol. The number of hydrazone groups is 1. The molecule has 4 rings (SSSR count). The van der Waals surface area contributed by atoms with Gasteiger partial charge in [0.2, 0.25) is 0 Å². The Morgan fingerprint density at radius 2 is 1.84 bits per heavy atom. The lowest BCUT2D eigenvalue weighted by Gasteiger charge is -2.25. The van der Waals surface area contributed by atoms with Crippen LogP contribution in [0.2, 0.25) is 5.02 Å². The van der Waals surface area contributed by atoms with Crippen LogP contribution in [-0.4, -0.2) is 32.6 Å². The van der Waals surface area contributed by atoms with E-state index in [2.05, 4.69) is 56.5 Å². The average molecular weight is 468 g/mol. The lowest BCUT2D eigenvalue weighted by molar-refractivity contribution is -0.118. The summed E-state index contributed by atoms with van der Waals surface area (Å²) in [5, 5.41) is 14.4. The first-order chi connectivity index (χ1) is 15.6. The molecule has 1 aliphatic carbocycles. The molecule has 32 heavy (non-hydrogen) atoms. The van der Waals surface area contributed by atoms with E-state index in [-0.39, 0.29) is 11.7 Å². The van der Waals surface area contributed by atoms with Crippen LogP contribution < -0.4 is 5.43 Å². The molecule has 0 bridgehead atoms. The molecule has 1 saturated carbocycles. The van der Waals surface area contributed by atoms with Gasteiger partial charge < -0.3 is 0 Å². The number of carbonyl (C=O) groups is 1. The second-order valence-corrected chi connectivity index (χ2v) is 9.35. The summed E-state index contributed by atoms with van der Waals surface area (Å²) in [4.78, 5) is 12.3. The Balaban J connectivity index is 1.44. The van der Waals surface area contributed by atoms with Crippen LogP contribution in [0.3, 0.4) is 0 Å². The van der Waals surface area contributed by atoms with Gasteiger partial charge in [0.25, 0.3) is 5.91 Å². The minimum absolute atomic E-state index is 0.185. The Morgan fingerprint density at radius 1 is 1.12 bits per heavy atom. The summed E-state index contributed by atoms with van der Waals surface area (Å²) >= 11 is 7.28. The van der Waals surface area contributed by atoms with Crippen molar-refractivity contribution in [1.82, 2.24) is 20.2 Å². The smallest absolute Gasteiger partial charge is 0.250 e. The Labute approximate surface area is 197 Å². The number of thioether (sulfide) groups is 1. The maximum atomic E-state index is 12.3. The fraction of sp³-hybridized carbons (Fsp3) is 0.333. The highest BCUT2D eigenvalue weighted by Crippen LogP contribution is 2.35. The van der Waals surface area contributed by atoms with Crippen molar-refractivity contribution in [3.8, 4) is 11.4 Å². The van der Waals surface area contributed by atoms with Gasteiger partial charge in [-0.1, -0.05) is 84.6 Å². The number of aromatic nitrogens is 3. The maximum Gasteiger partial charge on any atom is 0.250 e. The summed E-state index contributed by atoms with van der Waals surface area (Å²) in [5.41, 5.74) is 5.71. The first kappa shape index (κ1) is 22.6. The van der Waals surface area contributed by atoms with E-state index in [1.54, 1.807) is 18.3 Å². The van der Waals surface area contributed by atoms with Crippen LogP contribution in [-0.2, 0) is 4.79 Å². The summed E-state index contributed by atoms with van der Waals surface area (Å²) in [6.45, 7) is 2.07. The molecule has 1 N–H and O–H groups in total. The maximum absolute atomic E-state index is 12.3. The van der Waals surface area contributed by atoms with Crippen molar-refractivity contribution in [2.75, 3.05) is 5.75 Å². The van der Waals surface area contributed by atoms with Crippen molar-refractivity contribution in [2.24, 2.45) is 5.10 Å². The van der Waals surface area contributed by atoms with Gasteiger partial charge in [0.15, 0.2) is 11.0 Å². The predicted molar refractivity (Wildman–Crippen MR) is 130 cm³/mol. The molecule has 166 valence electrons. The number of nitrogens with one attached hydrogen (secondary N) is 1. The third kappa shape index (κ3) is 5.78. The van der Waals surface area contributed by atoms with Gasteiger partial charge in [-0.2, -0.15) is 5.10 Å². The molecule has 1 amide bonds. The fourth-order valence-electron chi connectivity index (χ4n) is 3.83. The molecule has 0 atom stereocenters. The summed E-state index contributed by atoms with van der Waals surface area (Å²) in [7, 11) is 0. The third-order valence-corrected chi connectivity index (χ3v) is 6.71. The lowest BCUT2D eigenvalue weighted by atomic mass is 9.95. The van der Waals surface area contributed by atoms with Gasteiger partial charge in [0.05, 0.1) is 12.0 Å². The Hall–Kier alpha value is -2.64. The van der Waals surface area contributed by atoms with Crippen molar-refractivity contribution >= 4 is 35.5 Å². The van der Waals surface area contributed by atoms with Gasteiger partial charge in [0.1, 0.15) is 0 Å². The minimum Gasteiger partial charge on any atom is -0.299 e. The third-order valence-electron chi connectivity index (χ3n) is 5.52. The van der Waals surface area contributed by atoms with E-state index >= 15 is 0 Å².